The number of thiophene rings is 1. The Morgan fingerprint density at radius 2 is 0.828 bits per heavy atom. The van der Waals surface area contributed by atoms with Crippen LogP contribution in [0.15, 0.2) is 199 Å². The molecule has 0 aliphatic carbocycles. The number of benzene rings is 11. The predicted molar refractivity (Wildman–Crippen MR) is 250 cm³/mol. The van der Waals surface area contributed by atoms with E-state index in [1.54, 1.807) is 0 Å². The van der Waals surface area contributed by atoms with E-state index in [1.165, 1.54) is 118 Å². The number of furan rings is 1. The molecule has 0 aliphatic rings. The maximum absolute atomic E-state index is 6.46. The van der Waals surface area contributed by atoms with E-state index in [9.17, 15) is 0 Å². The van der Waals surface area contributed by atoms with Gasteiger partial charge in [0.2, 0.25) is 0 Å². The summed E-state index contributed by atoms with van der Waals surface area (Å²) in [7, 11) is 0. The molecular formula is C56H32OS. The van der Waals surface area contributed by atoms with Gasteiger partial charge in [0.05, 0.1) is 0 Å². The van der Waals surface area contributed by atoms with Crippen LogP contribution in [0.1, 0.15) is 0 Å². The molecule has 2 aromatic heterocycles. The third-order valence-electron chi connectivity index (χ3n) is 12.5. The molecule has 0 aliphatic heterocycles. The fraction of sp³-hybridized carbons (Fsp3) is 0. The van der Waals surface area contributed by atoms with Crippen LogP contribution in [-0.2, 0) is 0 Å². The van der Waals surface area contributed by atoms with E-state index in [-0.39, 0.29) is 0 Å². The summed E-state index contributed by atoms with van der Waals surface area (Å²) in [6.45, 7) is 0. The Morgan fingerprint density at radius 1 is 0.310 bits per heavy atom. The lowest BCUT2D eigenvalue weighted by Gasteiger charge is -2.20. The zero-order chi connectivity index (χ0) is 37.9. The van der Waals surface area contributed by atoms with Crippen molar-refractivity contribution < 1.29 is 4.42 Å². The van der Waals surface area contributed by atoms with Crippen molar-refractivity contribution in [1.29, 1.82) is 0 Å². The van der Waals surface area contributed by atoms with Crippen molar-refractivity contribution >= 4 is 107 Å². The maximum atomic E-state index is 6.46. The van der Waals surface area contributed by atoms with Gasteiger partial charge in [-0.2, -0.15) is 0 Å². The van der Waals surface area contributed by atoms with Gasteiger partial charge < -0.3 is 4.42 Å². The van der Waals surface area contributed by atoms with Gasteiger partial charge in [0.15, 0.2) is 0 Å². The molecule has 0 fully saturated rings. The zero-order valence-electron chi connectivity index (χ0n) is 31.3. The van der Waals surface area contributed by atoms with Gasteiger partial charge in [-0.3, -0.25) is 0 Å². The topological polar surface area (TPSA) is 13.1 Å². The van der Waals surface area contributed by atoms with Crippen LogP contribution in [0.4, 0.5) is 0 Å². The van der Waals surface area contributed by atoms with Gasteiger partial charge in [-0.15, -0.1) is 11.3 Å². The van der Waals surface area contributed by atoms with Crippen LogP contribution in [0.3, 0.4) is 0 Å². The van der Waals surface area contributed by atoms with Gasteiger partial charge in [0, 0.05) is 30.9 Å². The lowest BCUT2D eigenvalue weighted by atomic mass is 9.83. The highest BCUT2D eigenvalue weighted by Gasteiger charge is 2.21. The summed E-state index contributed by atoms with van der Waals surface area (Å²) in [6, 6.07) is 71.5. The minimum Gasteiger partial charge on any atom is -0.456 e. The lowest BCUT2D eigenvalue weighted by molar-refractivity contribution is 0.669. The molecule has 0 saturated carbocycles. The molecule has 0 unspecified atom stereocenters. The third-order valence-corrected chi connectivity index (χ3v) is 13.7. The summed E-state index contributed by atoms with van der Waals surface area (Å²) in [5, 5.41) is 17.5. The first-order valence-corrected chi connectivity index (χ1v) is 20.7. The fourth-order valence-electron chi connectivity index (χ4n) is 9.95. The quantitative estimate of drug-likeness (QED) is 0.164. The molecule has 2 heteroatoms. The molecule has 2 heterocycles. The highest BCUT2D eigenvalue weighted by Crippen LogP contribution is 2.49. The van der Waals surface area contributed by atoms with Crippen molar-refractivity contribution in [2.24, 2.45) is 0 Å². The molecular weight excluding hydrogens is 721 g/mol. The molecule has 58 heavy (non-hydrogen) atoms. The van der Waals surface area contributed by atoms with E-state index in [1.807, 2.05) is 11.3 Å². The minimum atomic E-state index is 0.940. The largest absolute Gasteiger partial charge is 0.456 e. The van der Waals surface area contributed by atoms with E-state index in [2.05, 4.69) is 194 Å². The van der Waals surface area contributed by atoms with E-state index in [4.69, 9.17) is 4.42 Å². The van der Waals surface area contributed by atoms with Gasteiger partial charge in [-0.25, -0.2) is 0 Å². The average molecular weight is 753 g/mol. The summed E-state index contributed by atoms with van der Waals surface area (Å²) in [5.41, 5.74) is 9.43. The molecule has 13 aromatic rings. The molecule has 11 aromatic carbocycles. The number of hydrogen-bond acceptors (Lipinski definition) is 2. The number of fused-ring (bicyclic) bond motifs is 13. The van der Waals surface area contributed by atoms with Gasteiger partial charge in [-0.1, -0.05) is 164 Å². The Bertz CT molecular complexity index is 3800. The third kappa shape index (κ3) is 4.46. The van der Waals surface area contributed by atoms with Crippen molar-refractivity contribution in [2.45, 2.75) is 0 Å². The SMILES string of the molecule is c1ccc2c(-c3c4ccccc4c(-c4ccc(-c5ccc6sc7c(ccc8oc9ccc%10ccccc%10c9c87)c6c5)c5ccccc45)c4ccccc34)cccc2c1. The Kier molecular flexibility index (Phi) is 6.66. The summed E-state index contributed by atoms with van der Waals surface area (Å²) in [4.78, 5) is 0. The van der Waals surface area contributed by atoms with Gasteiger partial charge in [0.1, 0.15) is 11.2 Å². The first-order valence-electron chi connectivity index (χ1n) is 19.9. The summed E-state index contributed by atoms with van der Waals surface area (Å²) in [6.07, 6.45) is 0. The second-order valence-electron chi connectivity index (χ2n) is 15.5. The minimum absolute atomic E-state index is 0.940. The Labute approximate surface area is 337 Å². The van der Waals surface area contributed by atoms with Crippen LogP contribution in [-0.4, -0.2) is 0 Å². The molecule has 0 radical (unpaired) electrons. The van der Waals surface area contributed by atoms with Crippen LogP contribution in [0.25, 0.3) is 129 Å². The van der Waals surface area contributed by atoms with E-state index >= 15 is 0 Å². The Hall–Kier alpha value is -7.26. The van der Waals surface area contributed by atoms with E-state index in [0.29, 0.717) is 0 Å². The Morgan fingerprint density at radius 3 is 1.53 bits per heavy atom. The van der Waals surface area contributed by atoms with Crippen molar-refractivity contribution in [2.75, 3.05) is 0 Å². The predicted octanol–water partition coefficient (Wildman–Crippen LogP) is 16.7. The molecule has 0 N–H and O–H groups in total. The van der Waals surface area contributed by atoms with Gasteiger partial charge >= 0.3 is 0 Å². The molecule has 0 atom stereocenters. The second-order valence-corrected chi connectivity index (χ2v) is 16.5. The maximum Gasteiger partial charge on any atom is 0.136 e. The Balaban J connectivity index is 1.04. The summed E-state index contributed by atoms with van der Waals surface area (Å²) < 4.78 is 9.03. The molecule has 0 amide bonds. The summed E-state index contributed by atoms with van der Waals surface area (Å²) in [5.74, 6) is 0. The molecule has 0 spiro atoms. The normalized spacial score (nSPS) is 12.1. The smallest absolute Gasteiger partial charge is 0.136 e. The van der Waals surface area contributed by atoms with Gasteiger partial charge in [0.25, 0.3) is 0 Å². The van der Waals surface area contributed by atoms with Crippen LogP contribution in [0.2, 0.25) is 0 Å². The molecule has 0 saturated heterocycles. The lowest BCUT2D eigenvalue weighted by Crippen LogP contribution is -1.93. The molecule has 1 nitrogen and oxygen atoms in total. The fourth-order valence-corrected chi connectivity index (χ4v) is 11.2. The molecule has 13 rings (SSSR count). The van der Waals surface area contributed by atoms with Crippen LogP contribution in [0, 0.1) is 0 Å². The monoisotopic (exact) mass is 752 g/mol. The molecule has 0 bridgehead atoms. The van der Waals surface area contributed by atoms with E-state index < -0.39 is 0 Å². The van der Waals surface area contributed by atoms with Gasteiger partial charge in [-0.05, 0) is 118 Å². The first-order chi connectivity index (χ1) is 28.8. The highest BCUT2D eigenvalue weighted by molar-refractivity contribution is 7.26. The van der Waals surface area contributed by atoms with Crippen LogP contribution >= 0.6 is 11.3 Å². The van der Waals surface area contributed by atoms with Crippen molar-refractivity contribution in [1.82, 2.24) is 0 Å². The number of hydrogen-bond donors (Lipinski definition) is 0. The zero-order valence-corrected chi connectivity index (χ0v) is 32.1. The first kappa shape index (κ1) is 31.9. The van der Waals surface area contributed by atoms with E-state index in [0.717, 1.165) is 11.2 Å². The standard InChI is InChI=1S/C56H32OS/c1-3-15-36-33(12-1)14-11-23-41(36)52-42-19-7-9-21-44(42)53(45-22-10-8-20-43(45)52)46-27-26-37(39-17-5-6-18-40(39)46)35-25-31-51-48(32-35)47-28-30-50-55(56(47)58-51)54-38-16-4-2-13-34(38)24-29-49(54)57-50/h1-32H. The van der Waals surface area contributed by atoms with Crippen molar-refractivity contribution in [3.05, 3.63) is 194 Å². The average Bonchev–Trinajstić information content (AvgIpc) is 3.86. The van der Waals surface area contributed by atoms with Crippen molar-refractivity contribution in [3.63, 3.8) is 0 Å². The summed E-state index contributed by atoms with van der Waals surface area (Å²) >= 11 is 1.87. The van der Waals surface area contributed by atoms with Crippen LogP contribution < -0.4 is 0 Å². The van der Waals surface area contributed by atoms with Crippen LogP contribution in [0.5, 0.6) is 0 Å². The molecule has 268 valence electrons. The van der Waals surface area contributed by atoms with Crippen molar-refractivity contribution in [3.8, 4) is 33.4 Å². The second kappa shape index (κ2) is 12.1. The highest BCUT2D eigenvalue weighted by atomic mass is 32.1. The number of rotatable bonds is 3.